The minimum absolute atomic E-state index is 0.0388. The largest absolute Gasteiger partial charge is 0.446 e. The zero-order valence-corrected chi connectivity index (χ0v) is 23.6. The van der Waals surface area contributed by atoms with Crippen molar-refractivity contribution in [3.05, 3.63) is 11.6 Å². The van der Waals surface area contributed by atoms with E-state index in [1.807, 2.05) is 7.05 Å². The molecule has 0 unspecified atom stereocenters. The molecule has 4 heteroatoms. The molecule has 0 radical (unpaired) electrons. The third-order valence-electron chi connectivity index (χ3n) is 11.2. The summed E-state index contributed by atoms with van der Waals surface area (Å²) in [5, 5.41) is 5.93. The molecule has 0 spiro atoms. The number of fused-ring (bicyclic) bond motifs is 5. The van der Waals surface area contributed by atoms with Gasteiger partial charge in [0.15, 0.2) is 0 Å². The summed E-state index contributed by atoms with van der Waals surface area (Å²) >= 11 is 0. The molecular weight excluding hydrogens is 432 g/mol. The van der Waals surface area contributed by atoms with Crippen LogP contribution in [0.5, 0.6) is 0 Å². The van der Waals surface area contributed by atoms with Crippen LogP contribution in [0, 0.1) is 46.3 Å². The van der Waals surface area contributed by atoms with Crippen molar-refractivity contribution < 1.29 is 9.53 Å². The van der Waals surface area contributed by atoms with E-state index in [4.69, 9.17) is 4.74 Å². The molecule has 1 amide bonds. The Morgan fingerprint density at radius 1 is 1.06 bits per heavy atom. The average Bonchev–Trinajstić information content (AvgIpc) is 3.16. The summed E-state index contributed by atoms with van der Waals surface area (Å²) in [6.07, 6.45) is 16.7. The number of likely N-dealkylation sites (N-methyl/N-ethyl adjacent to an activating group) is 1. The first kappa shape index (κ1) is 27.0. The molecular formula is C31H54N2O2. The quantitative estimate of drug-likeness (QED) is 0.265. The normalized spacial score (nSPS) is 39.3. The summed E-state index contributed by atoms with van der Waals surface area (Å²) in [6.45, 7) is 13.9. The van der Waals surface area contributed by atoms with E-state index in [9.17, 15) is 4.79 Å². The number of carbonyl (C=O) groups is 1. The van der Waals surface area contributed by atoms with Crippen molar-refractivity contribution in [3.63, 3.8) is 0 Å². The number of amides is 1. The maximum Gasteiger partial charge on any atom is 0.407 e. The van der Waals surface area contributed by atoms with E-state index < -0.39 is 0 Å². The lowest BCUT2D eigenvalue weighted by atomic mass is 9.47. The van der Waals surface area contributed by atoms with E-state index in [-0.39, 0.29) is 12.2 Å². The number of carbonyl (C=O) groups excluding carboxylic acids is 1. The predicted molar refractivity (Wildman–Crippen MR) is 145 cm³/mol. The van der Waals surface area contributed by atoms with E-state index in [0.29, 0.717) is 17.4 Å². The number of hydrogen-bond donors (Lipinski definition) is 2. The Morgan fingerprint density at radius 2 is 1.86 bits per heavy atom. The molecule has 0 aromatic rings. The highest BCUT2D eigenvalue weighted by Gasteiger charge is 2.59. The van der Waals surface area contributed by atoms with E-state index in [2.05, 4.69) is 51.3 Å². The van der Waals surface area contributed by atoms with Crippen LogP contribution in [0.15, 0.2) is 11.6 Å². The number of alkyl carbamates (subject to hydrolysis) is 1. The van der Waals surface area contributed by atoms with Gasteiger partial charge in [-0.1, -0.05) is 65.5 Å². The molecule has 3 saturated carbocycles. The van der Waals surface area contributed by atoms with E-state index in [1.165, 1.54) is 57.8 Å². The second-order valence-electron chi connectivity index (χ2n) is 13.6. The second-order valence-corrected chi connectivity index (χ2v) is 13.6. The third-order valence-corrected chi connectivity index (χ3v) is 11.2. The number of hydrogen-bond acceptors (Lipinski definition) is 3. The molecule has 0 aromatic carbocycles. The molecule has 8 atom stereocenters. The van der Waals surface area contributed by atoms with Gasteiger partial charge in [0.2, 0.25) is 0 Å². The zero-order valence-electron chi connectivity index (χ0n) is 23.6. The second kappa shape index (κ2) is 11.2. The number of allylic oxidation sites excluding steroid dienone is 1. The molecule has 0 heterocycles. The van der Waals surface area contributed by atoms with Crippen LogP contribution in [0.25, 0.3) is 0 Å². The fraction of sp³-hybridized carbons (Fsp3) is 0.903. The molecule has 200 valence electrons. The average molecular weight is 487 g/mol. The number of ether oxygens (including phenoxy) is 1. The molecule has 4 aliphatic rings. The molecule has 4 aliphatic carbocycles. The first-order valence-electron chi connectivity index (χ1n) is 15.0. The van der Waals surface area contributed by atoms with Crippen molar-refractivity contribution in [2.75, 3.05) is 20.1 Å². The highest BCUT2D eigenvalue weighted by atomic mass is 16.6. The summed E-state index contributed by atoms with van der Waals surface area (Å²) in [6, 6.07) is 0. The van der Waals surface area contributed by atoms with Crippen molar-refractivity contribution in [1.29, 1.82) is 0 Å². The number of rotatable bonds is 9. The topological polar surface area (TPSA) is 50.4 Å². The predicted octanol–water partition coefficient (Wildman–Crippen LogP) is 7.34. The first-order chi connectivity index (χ1) is 16.7. The van der Waals surface area contributed by atoms with Crippen LogP contribution in [0.3, 0.4) is 0 Å². The maximum atomic E-state index is 12.2. The van der Waals surface area contributed by atoms with Crippen LogP contribution in [-0.2, 0) is 4.74 Å². The maximum absolute atomic E-state index is 12.2. The lowest BCUT2D eigenvalue weighted by molar-refractivity contribution is -0.0581. The van der Waals surface area contributed by atoms with Gasteiger partial charge >= 0.3 is 6.09 Å². The van der Waals surface area contributed by atoms with Gasteiger partial charge in [-0.15, -0.1) is 0 Å². The van der Waals surface area contributed by atoms with Crippen LogP contribution in [0.1, 0.15) is 105 Å². The van der Waals surface area contributed by atoms with Gasteiger partial charge in [-0.3, -0.25) is 0 Å². The Balaban J connectivity index is 1.39. The van der Waals surface area contributed by atoms with Crippen molar-refractivity contribution in [1.82, 2.24) is 10.6 Å². The summed E-state index contributed by atoms with van der Waals surface area (Å²) in [4.78, 5) is 12.2. The summed E-state index contributed by atoms with van der Waals surface area (Å²) in [7, 11) is 1.89. The van der Waals surface area contributed by atoms with Crippen molar-refractivity contribution in [2.24, 2.45) is 46.3 Å². The van der Waals surface area contributed by atoms with Crippen LogP contribution in [0.2, 0.25) is 0 Å². The van der Waals surface area contributed by atoms with Crippen molar-refractivity contribution in [3.8, 4) is 0 Å². The van der Waals surface area contributed by atoms with E-state index in [0.717, 1.165) is 54.9 Å². The fourth-order valence-corrected chi connectivity index (χ4v) is 9.24. The Morgan fingerprint density at radius 3 is 2.60 bits per heavy atom. The van der Waals surface area contributed by atoms with Gasteiger partial charge in [-0.2, -0.15) is 0 Å². The van der Waals surface area contributed by atoms with Gasteiger partial charge in [0.25, 0.3) is 0 Å². The zero-order chi connectivity index (χ0) is 25.2. The Kier molecular flexibility index (Phi) is 8.61. The van der Waals surface area contributed by atoms with Crippen molar-refractivity contribution in [2.45, 2.75) is 111 Å². The molecule has 2 N–H and O–H groups in total. The monoisotopic (exact) mass is 486 g/mol. The molecule has 3 fully saturated rings. The lowest BCUT2D eigenvalue weighted by Gasteiger charge is -2.58. The molecule has 0 aromatic heterocycles. The van der Waals surface area contributed by atoms with Crippen LogP contribution >= 0.6 is 0 Å². The number of nitrogens with one attached hydrogen (secondary N) is 2. The summed E-state index contributed by atoms with van der Waals surface area (Å²) in [5.41, 5.74) is 2.46. The van der Waals surface area contributed by atoms with Gasteiger partial charge in [-0.05, 0) is 98.3 Å². The molecule has 35 heavy (non-hydrogen) atoms. The molecule has 4 nitrogen and oxygen atoms in total. The van der Waals surface area contributed by atoms with Gasteiger partial charge in [-0.25, -0.2) is 4.79 Å². The highest BCUT2D eigenvalue weighted by Crippen LogP contribution is 2.67. The minimum Gasteiger partial charge on any atom is -0.446 e. The van der Waals surface area contributed by atoms with Gasteiger partial charge < -0.3 is 15.4 Å². The smallest absolute Gasteiger partial charge is 0.407 e. The fourth-order valence-electron chi connectivity index (χ4n) is 9.24. The Hall–Kier alpha value is -1.03. The van der Waals surface area contributed by atoms with Crippen LogP contribution in [0.4, 0.5) is 4.79 Å². The van der Waals surface area contributed by atoms with Gasteiger partial charge in [0.1, 0.15) is 6.10 Å². The van der Waals surface area contributed by atoms with E-state index in [1.54, 1.807) is 5.57 Å². The standard InChI is InChI=1S/C31H54N2O2/c1-21(2)8-7-9-22(3)26-12-13-27-25-11-10-23-20-24(35-29(34)33-19-18-32-6)14-16-30(23,4)28(25)15-17-31(26,27)5/h10,21-22,24-28,32H,7-9,11-20H2,1-6H3,(H,33,34)/t22-,24+,25+,26-,27+,28+,30+,31-/m1/s1. The molecule has 0 aliphatic heterocycles. The third kappa shape index (κ3) is 5.48. The van der Waals surface area contributed by atoms with E-state index >= 15 is 0 Å². The minimum atomic E-state index is -0.254. The molecule has 0 bridgehead atoms. The SMILES string of the molecule is CNCCNC(=O)O[C@H]1CC[C@@]2(C)C(=CC[C@H]3[C@@H]4CC[C@H]([C@H](C)CCCC(C)C)[C@@]4(C)CC[C@@H]32)C1. The Labute approximate surface area is 215 Å². The van der Waals surface area contributed by atoms with Gasteiger partial charge in [0.05, 0.1) is 0 Å². The van der Waals surface area contributed by atoms with Crippen LogP contribution < -0.4 is 10.6 Å². The first-order valence-corrected chi connectivity index (χ1v) is 15.0. The van der Waals surface area contributed by atoms with Crippen molar-refractivity contribution >= 4 is 6.09 Å². The molecule has 4 rings (SSSR count). The summed E-state index contributed by atoms with van der Waals surface area (Å²) in [5.74, 6) is 5.21. The highest BCUT2D eigenvalue weighted by molar-refractivity contribution is 5.67. The summed E-state index contributed by atoms with van der Waals surface area (Å²) < 4.78 is 5.82. The van der Waals surface area contributed by atoms with Gasteiger partial charge in [0, 0.05) is 19.5 Å². The Bertz CT molecular complexity index is 763. The molecule has 0 saturated heterocycles. The lowest BCUT2D eigenvalue weighted by Crippen LogP contribution is -2.51. The van der Waals surface area contributed by atoms with Crippen LogP contribution in [-0.4, -0.2) is 32.3 Å².